The van der Waals surface area contributed by atoms with Crippen molar-refractivity contribution in [3.05, 3.63) is 46.6 Å². The summed E-state index contributed by atoms with van der Waals surface area (Å²) in [5.74, 6) is 0.654. The number of aromatic nitrogens is 2. The Balaban J connectivity index is 1.40. The normalized spacial score (nSPS) is 22.4. The van der Waals surface area contributed by atoms with Crippen LogP contribution < -0.4 is 10.6 Å². The summed E-state index contributed by atoms with van der Waals surface area (Å²) in [6.07, 6.45) is 10.8. The summed E-state index contributed by atoms with van der Waals surface area (Å²) in [7, 11) is 0. The van der Waals surface area contributed by atoms with E-state index in [4.69, 9.17) is 11.3 Å². The first-order chi connectivity index (χ1) is 18.9. The van der Waals surface area contributed by atoms with E-state index in [0.717, 1.165) is 16.9 Å². The fourth-order valence-corrected chi connectivity index (χ4v) is 7.07. The number of nitrogens with one attached hydrogen (secondary N) is 2. The van der Waals surface area contributed by atoms with Gasteiger partial charge in [0.25, 0.3) is 5.91 Å². The van der Waals surface area contributed by atoms with Gasteiger partial charge in [0.2, 0.25) is 12.3 Å². The van der Waals surface area contributed by atoms with Gasteiger partial charge < -0.3 is 25.5 Å². The number of thiazole rings is 1. The van der Waals surface area contributed by atoms with E-state index >= 15 is 0 Å². The number of pyridine rings is 1. The molecule has 4 rings (SSSR count). The molecule has 2 unspecified atom stereocenters. The molecule has 39 heavy (non-hydrogen) atoms. The van der Waals surface area contributed by atoms with E-state index in [-0.39, 0.29) is 41.2 Å². The number of oxime groups is 1. The number of terminal acetylenes is 1. The summed E-state index contributed by atoms with van der Waals surface area (Å²) in [4.78, 5) is 63.6. The molecule has 202 valence electrons. The van der Waals surface area contributed by atoms with Crippen LogP contribution in [0.2, 0.25) is 0 Å². The predicted molar refractivity (Wildman–Crippen MR) is 149 cm³/mol. The van der Waals surface area contributed by atoms with Crippen LogP contribution in [0.15, 0.2) is 40.5 Å². The lowest BCUT2D eigenvalue weighted by atomic mass is 9.89. The van der Waals surface area contributed by atoms with Crippen LogP contribution in [-0.2, 0) is 24.0 Å². The van der Waals surface area contributed by atoms with Crippen LogP contribution in [0.1, 0.15) is 11.3 Å². The highest BCUT2D eigenvalue weighted by Gasteiger charge is 2.57. The summed E-state index contributed by atoms with van der Waals surface area (Å²) in [6.45, 7) is -0.167. The molecular weight excluding hydrogens is 565 g/mol. The van der Waals surface area contributed by atoms with Crippen LogP contribution in [0.5, 0.6) is 0 Å². The molecule has 0 saturated carbocycles. The van der Waals surface area contributed by atoms with Gasteiger partial charge in [0.05, 0.1) is 0 Å². The van der Waals surface area contributed by atoms with Gasteiger partial charge in [-0.1, -0.05) is 17.1 Å². The van der Waals surface area contributed by atoms with Crippen LogP contribution in [0, 0.1) is 17.8 Å². The highest BCUT2D eigenvalue weighted by molar-refractivity contribution is 8.02. The lowest BCUT2D eigenvalue weighted by Gasteiger charge is -2.53. The predicted octanol–water partition coefficient (Wildman–Crippen LogP) is 1.34. The van der Waals surface area contributed by atoms with Crippen molar-refractivity contribution in [2.24, 2.45) is 10.6 Å². The van der Waals surface area contributed by atoms with Gasteiger partial charge >= 0.3 is 5.97 Å². The standard InChI is InChI=1S/C24H22N6O6S3/c1-2-7-36-29-17(16-10-38-23(27-16)26-14-31)19(32)28-18-20(33)30-11-24(22(34)35,13-39-21(18)30)12-37-8-5-15-4-3-6-25-9-15/h1,3-6,8-10,14,18,21H,7,11-13H2,(H,28,32)(H,34,35)(H,26,27,31)/t18?,21-,24?/m1/s1. The molecule has 0 aromatic carbocycles. The molecule has 2 saturated heterocycles. The molecule has 3 N–H and O–H groups in total. The maximum absolute atomic E-state index is 13.1. The zero-order valence-corrected chi connectivity index (χ0v) is 22.6. The van der Waals surface area contributed by atoms with Crippen molar-refractivity contribution < 1.29 is 29.1 Å². The zero-order valence-electron chi connectivity index (χ0n) is 20.2. The minimum absolute atomic E-state index is 0.0258. The summed E-state index contributed by atoms with van der Waals surface area (Å²) < 4.78 is 0. The molecule has 2 aromatic rings. The number of anilines is 1. The first kappa shape index (κ1) is 28.1. The Morgan fingerprint density at radius 1 is 1.46 bits per heavy atom. The van der Waals surface area contributed by atoms with E-state index in [1.807, 2.05) is 23.6 Å². The minimum atomic E-state index is -1.14. The zero-order chi connectivity index (χ0) is 27.8. The van der Waals surface area contributed by atoms with Crippen molar-refractivity contribution in [2.45, 2.75) is 11.4 Å². The maximum atomic E-state index is 13.1. The van der Waals surface area contributed by atoms with Gasteiger partial charge in [-0.3, -0.25) is 24.2 Å². The van der Waals surface area contributed by atoms with Crippen molar-refractivity contribution >= 4 is 76.0 Å². The van der Waals surface area contributed by atoms with Gasteiger partial charge in [-0.2, -0.15) is 0 Å². The second-order valence-corrected chi connectivity index (χ2v) is 11.2. The van der Waals surface area contributed by atoms with Crippen molar-refractivity contribution in [3.63, 3.8) is 0 Å². The Morgan fingerprint density at radius 2 is 2.31 bits per heavy atom. The van der Waals surface area contributed by atoms with Gasteiger partial charge in [-0.15, -0.1) is 41.3 Å². The third-order valence-electron chi connectivity index (χ3n) is 5.73. The number of thioether (sulfide) groups is 2. The largest absolute Gasteiger partial charge is 0.481 e. The summed E-state index contributed by atoms with van der Waals surface area (Å²) in [5, 5.41) is 22.0. The third-order valence-corrected chi connectivity index (χ3v) is 9.14. The van der Waals surface area contributed by atoms with Crippen LogP contribution in [0.4, 0.5) is 5.13 Å². The monoisotopic (exact) mass is 586 g/mol. The molecule has 2 aliphatic heterocycles. The van der Waals surface area contributed by atoms with Gasteiger partial charge in [0, 0.05) is 35.8 Å². The first-order valence-corrected chi connectivity index (χ1v) is 14.3. The number of amides is 3. The number of carbonyl (C=O) groups excluding carboxylic acids is 3. The molecule has 0 radical (unpaired) electrons. The number of carboxylic acids is 1. The molecule has 12 nitrogen and oxygen atoms in total. The number of aliphatic carboxylic acids is 1. The summed E-state index contributed by atoms with van der Waals surface area (Å²) >= 11 is 3.72. The average molecular weight is 587 g/mol. The quantitative estimate of drug-likeness (QED) is 0.0826. The number of hydrogen-bond donors (Lipinski definition) is 3. The smallest absolute Gasteiger partial charge is 0.313 e. The number of rotatable bonds is 12. The Hall–Kier alpha value is -3.87. The number of fused-ring (bicyclic) bond motifs is 1. The van der Waals surface area contributed by atoms with Crippen LogP contribution >= 0.6 is 34.9 Å². The first-order valence-electron chi connectivity index (χ1n) is 11.3. The van der Waals surface area contributed by atoms with E-state index in [1.165, 1.54) is 33.8 Å². The highest BCUT2D eigenvalue weighted by atomic mass is 32.2. The van der Waals surface area contributed by atoms with Crippen LogP contribution in [0.25, 0.3) is 6.08 Å². The molecule has 4 heterocycles. The molecule has 2 aliphatic rings. The summed E-state index contributed by atoms with van der Waals surface area (Å²) in [5.41, 5.74) is -0.344. The van der Waals surface area contributed by atoms with Crippen LogP contribution in [-0.4, -0.2) is 86.0 Å². The Bertz CT molecular complexity index is 1340. The van der Waals surface area contributed by atoms with Gasteiger partial charge in [0.1, 0.15) is 22.5 Å². The lowest BCUT2D eigenvalue weighted by molar-refractivity contribution is -0.157. The van der Waals surface area contributed by atoms with E-state index in [0.29, 0.717) is 6.41 Å². The molecule has 15 heteroatoms. The lowest BCUT2D eigenvalue weighted by Crippen LogP contribution is -2.74. The van der Waals surface area contributed by atoms with Gasteiger partial charge in [-0.05, 0) is 23.1 Å². The van der Waals surface area contributed by atoms with Gasteiger partial charge in [0.15, 0.2) is 17.5 Å². The maximum Gasteiger partial charge on any atom is 0.313 e. The number of carboxylic acid groups (broad SMARTS) is 1. The number of β-lactam (4-membered cyclic amide) rings is 1. The average Bonchev–Trinajstić information content (AvgIpc) is 3.40. The minimum Gasteiger partial charge on any atom is -0.481 e. The molecule has 0 aliphatic carbocycles. The fourth-order valence-electron chi connectivity index (χ4n) is 3.76. The number of nitrogens with zero attached hydrogens (tertiary/aromatic N) is 4. The number of hydrogen-bond acceptors (Lipinski definition) is 11. The van der Waals surface area contributed by atoms with Crippen molar-refractivity contribution in [3.8, 4) is 12.3 Å². The van der Waals surface area contributed by atoms with Crippen molar-refractivity contribution in [1.82, 2.24) is 20.2 Å². The molecule has 3 atom stereocenters. The van der Waals surface area contributed by atoms with E-state index in [9.17, 15) is 24.3 Å². The Morgan fingerprint density at radius 3 is 3.03 bits per heavy atom. The molecule has 2 fully saturated rings. The SMILES string of the molecule is C#CCON=C(C(=O)NC1C(=O)N2CC(CSC=Cc3cccnc3)(C(=O)O)CS[C@H]12)c1csc(NC=O)n1. The second kappa shape index (κ2) is 12.8. The molecule has 3 amide bonds. The van der Waals surface area contributed by atoms with E-state index in [1.54, 1.807) is 12.4 Å². The number of carbonyl (C=O) groups is 4. The second-order valence-electron chi connectivity index (χ2n) is 8.32. The molecule has 2 aromatic heterocycles. The molecule has 0 spiro atoms. The third kappa shape index (κ3) is 6.41. The Kier molecular flexibility index (Phi) is 9.23. The van der Waals surface area contributed by atoms with E-state index < -0.39 is 34.6 Å². The Labute approximate surface area is 235 Å². The van der Waals surface area contributed by atoms with E-state index in [2.05, 4.69) is 31.7 Å². The highest BCUT2D eigenvalue weighted by Crippen LogP contribution is 2.43. The van der Waals surface area contributed by atoms with Crippen LogP contribution in [0.3, 0.4) is 0 Å². The topological polar surface area (TPSA) is 163 Å². The van der Waals surface area contributed by atoms with Crippen molar-refractivity contribution in [2.75, 3.05) is 30.0 Å². The van der Waals surface area contributed by atoms with Crippen molar-refractivity contribution in [1.29, 1.82) is 0 Å². The fraction of sp³-hybridized carbons (Fsp3) is 0.292. The molecule has 0 bridgehead atoms. The summed E-state index contributed by atoms with van der Waals surface area (Å²) in [6, 6.07) is 2.82. The molecular formula is C24H22N6O6S3. The van der Waals surface area contributed by atoms with Gasteiger partial charge in [-0.25, -0.2) is 4.98 Å².